The Morgan fingerprint density at radius 2 is 1.88 bits per heavy atom. The topological polar surface area (TPSA) is 75.7 Å². The van der Waals surface area contributed by atoms with Crippen LogP contribution in [0.1, 0.15) is 30.0 Å². The maximum absolute atomic E-state index is 13.2. The second-order valence-corrected chi connectivity index (χ2v) is 7.35. The van der Waals surface area contributed by atoms with Gasteiger partial charge in [-0.05, 0) is 35.9 Å². The van der Waals surface area contributed by atoms with Crippen molar-refractivity contribution in [1.82, 2.24) is 5.32 Å². The lowest BCUT2D eigenvalue weighted by molar-refractivity contribution is -0.141. The van der Waals surface area contributed by atoms with Gasteiger partial charge in [0.05, 0.1) is 31.1 Å². The van der Waals surface area contributed by atoms with E-state index in [4.69, 9.17) is 0 Å². The molecule has 3 rings (SSSR count). The Hall–Kier alpha value is -3.43. The number of anilines is 1. The van der Waals surface area contributed by atoms with Crippen LogP contribution in [0.25, 0.3) is 0 Å². The van der Waals surface area contributed by atoms with Crippen molar-refractivity contribution >= 4 is 23.5 Å². The van der Waals surface area contributed by atoms with E-state index in [9.17, 15) is 31.9 Å². The van der Waals surface area contributed by atoms with Crippen LogP contribution in [0.5, 0.6) is 0 Å². The first-order valence-corrected chi connectivity index (χ1v) is 9.68. The number of alkyl halides is 3. The molecule has 6 nitrogen and oxygen atoms in total. The Morgan fingerprint density at radius 1 is 1.19 bits per heavy atom. The fraction of sp³-hybridized carbons (Fsp3) is 0.318. The molecule has 2 aromatic rings. The summed E-state index contributed by atoms with van der Waals surface area (Å²) in [6, 6.07) is 8.68. The predicted molar refractivity (Wildman–Crippen MR) is 106 cm³/mol. The summed E-state index contributed by atoms with van der Waals surface area (Å²) >= 11 is 0. The van der Waals surface area contributed by atoms with Crippen LogP contribution in [-0.4, -0.2) is 31.4 Å². The molecule has 1 saturated heterocycles. The summed E-state index contributed by atoms with van der Waals surface area (Å²) in [4.78, 5) is 38.1. The summed E-state index contributed by atoms with van der Waals surface area (Å²) < 4.78 is 56.9. The fourth-order valence-corrected chi connectivity index (χ4v) is 3.47. The van der Waals surface area contributed by atoms with Gasteiger partial charge in [0.25, 0.3) is 0 Å². The number of ether oxygens (including phenoxy) is 1. The SMILES string of the molecule is COC(=O)CC(NC(=O)C1CC(=O)N(c2cccc(C(F)(F)F)c2)C1)c1ccc(F)cc1. The van der Waals surface area contributed by atoms with E-state index in [0.29, 0.717) is 5.56 Å². The summed E-state index contributed by atoms with van der Waals surface area (Å²) in [6.45, 7) is -0.111. The second-order valence-electron chi connectivity index (χ2n) is 7.35. The summed E-state index contributed by atoms with van der Waals surface area (Å²) in [5.74, 6) is -2.97. The van der Waals surface area contributed by atoms with Crippen LogP contribution in [-0.2, 0) is 25.3 Å². The number of hydrogen-bond acceptors (Lipinski definition) is 4. The maximum atomic E-state index is 13.2. The lowest BCUT2D eigenvalue weighted by atomic mass is 10.0. The highest BCUT2D eigenvalue weighted by Crippen LogP contribution is 2.33. The number of methoxy groups -OCH3 is 1. The van der Waals surface area contributed by atoms with Crippen molar-refractivity contribution in [2.24, 2.45) is 5.92 Å². The Balaban J connectivity index is 1.75. The van der Waals surface area contributed by atoms with E-state index in [2.05, 4.69) is 10.1 Å². The first-order valence-electron chi connectivity index (χ1n) is 9.68. The van der Waals surface area contributed by atoms with Crippen molar-refractivity contribution in [3.63, 3.8) is 0 Å². The predicted octanol–water partition coefficient (Wildman–Crippen LogP) is 3.62. The standard InChI is InChI=1S/C22H20F4N2O4/c1-32-20(30)11-18(13-5-7-16(23)8-6-13)27-21(31)14-9-19(29)28(12-14)17-4-2-3-15(10-17)22(24,25)26/h2-8,10,14,18H,9,11-12H2,1H3,(H,27,31). The third-order valence-electron chi connectivity index (χ3n) is 5.17. The van der Waals surface area contributed by atoms with Gasteiger partial charge in [0.2, 0.25) is 11.8 Å². The average molecular weight is 452 g/mol. The lowest BCUT2D eigenvalue weighted by Gasteiger charge is -2.21. The normalized spacial score (nSPS) is 17.2. The molecule has 2 unspecified atom stereocenters. The van der Waals surface area contributed by atoms with E-state index in [1.54, 1.807) is 0 Å². The quantitative estimate of drug-likeness (QED) is 0.537. The largest absolute Gasteiger partial charge is 0.469 e. The number of nitrogens with zero attached hydrogens (tertiary/aromatic N) is 1. The van der Waals surface area contributed by atoms with Crippen molar-refractivity contribution in [1.29, 1.82) is 0 Å². The second kappa shape index (κ2) is 9.37. The molecule has 0 radical (unpaired) electrons. The van der Waals surface area contributed by atoms with Gasteiger partial charge in [-0.3, -0.25) is 14.4 Å². The van der Waals surface area contributed by atoms with E-state index in [1.807, 2.05) is 0 Å². The molecule has 1 heterocycles. The minimum absolute atomic E-state index is 0.0461. The van der Waals surface area contributed by atoms with Gasteiger partial charge in [0.1, 0.15) is 5.82 Å². The van der Waals surface area contributed by atoms with E-state index >= 15 is 0 Å². The van der Waals surface area contributed by atoms with Gasteiger partial charge in [-0.25, -0.2) is 4.39 Å². The number of halogens is 4. The van der Waals surface area contributed by atoms with E-state index in [-0.39, 0.29) is 25.1 Å². The number of amides is 2. The van der Waals surface area contributed by atoms with Crippen LogP contribution in [0, 0.1) is 11.7 Å². The van der Waals surface area contributed by atoms with Gasteiger partial charge in [-0.15, -0.1) is 0 Å². The minimum Gasteiger partial charge on any atom is -0.469 e. The highest BCUT2D eigenvalue weighted by molar-refractivity contribution is 6.00. The molecule has 0 bridgehead atoms. The molecular formula is C22H20F4N2O4. The molecule has 10 heteroatoms. The molecule has 1 fully saturated rings. The zero-order chi connectivity index (χ0) is 23.5. The van der Waals surface area contributed by atoms with Crippen molar-refractivity contribution in [2.45, 2.75) is 25.1 Å². The van der Waals surface area contributed by atoms with Crippen molar-refractivity contribution < 1.29 is 36.7 Å². The molecule has 170 valence electrons. The third kappa shape index (κ3) is 5.43. The number of carbonyl (C=O) groups excluding carboxylic acids is 3. The molecule has 1 N–H and O–H groups in total. The highest BCUT2D eigenvalue weighted by Gasteiger charge is 2.37. The highest BCUT2D eigenvalue weighted by atomic mass is 19.4. The summed E-state index contributed by atoms with van der Waals surface area (Å²) in [5.41, 5.74) is -0.390. The summed E-state index contributed by atoms with van der Waals surface area (Å²) in [6.07, 6.45) is -4.98. The first-order chi connectivity index (χ1) is 15.1. The Bertz CT molecular complexity index is 1010. The minimum atomic E-state index is -4.56. The van der Waals surface area contributed by atoms with E-state index < -0.39 is 47.3 Å². The van der Waals surface area contributed by atoms with Gasteiger partial charge in [0, 0.05) is 18.7 Å². The maximum Gasteiger partial charge on any atom is 0.416 e. The van der Waals surface area contributed by atoms with Gasteiger partial charge in [0.15, 0.2) is 0 Å². The van der Waals surface area contributed by atoms with Gasteiger partial charge >= 0.3 is 12.1 Å². The molecule has 0 aliphatic carbocycles. The summed E-state index contributed by atoms with van der Waals surface area (Å²) in [7, 11) is 1.19. The number of hydrogen-bond donors (Lipinski definition) is 1. The molecule has 0 saturated carbocycles. The molecule has 1 aliphatic heterocycles. The smallest absolute Gasteiger partial charge is 0.416 e. The molecule has 2 atom stereocenters. The van der Waals surface area contributed by atoms with Gasteiger partial charge < -0.3 is 15.0 Å². The molecule has 0 spiro atoms. The van der Waals surface area contributed by atoms with E-state index in [1.165, 1.54) is 43.5 Å². The van der Waals surface area contributed by atoms with Crippen molar-refractivity contribution in [2.75, 3.05) is 18.6 Å². The van der Waals surface area contributed by atoms with Crippen molar-refractivity contribution in [3.05, 3.63) is 65.5 Å². The third-order valence-corrected chi connectivity index (χ3v) is 5.17. The number of nitrogens with one attached hydrogen (secondary N) is 1. The molecule has 2 aromatic carbocycles. The number of benzene rings is 2. The molecule has 32 heavy (non-hydrogen) atoms. The average Bonchev–Trinajstić information content (AvgIpc) is 3.15. The van der Waals surface area contributed by atoms with E-state index in [0.717, 1.165) is 17.0 Å². The first kappa shape index (κ1) is 23.2. The van der Waals surface area contributed by atoms with Crippen LogP contribution >= 0.6 is 0 Å². The number of rotatable bonds is 6. The number of carbonyl (C=O) groups is 3. The molecule has 0 aromatic heterocycles. The van der Waals surface area contributed by atoms with Crippen LogP contribution in [0.2, 0.25) is 0 Å². The van der Waals surface area contributed by atoms with Crippen molar-refractivity contribution in [3.8, 4) is 0 Å². The van der Waals surface area contributed by atoms with Gasteiger partial charge in [-0.1, -0.05) is 18.2 Å². The van der Waals surface area contributed by atoms with Crippen LogP contribution in [0.15, 0.2) is 48.5 Å². The van der Waals surface area contributed by atoms with Crippen LogP contribution < -0.4 is 10.2 Å². The summed E-state index contributed by atoms with van der Waals surface area (Å²) in [5, 5.41) is 2.67. The Labute approximate surface area is 181 Å². The zero-order valence-electron chi connectivity index (χ0n) is 17.0. The zero-order valence-corrected chi connectivity index (χ0v) is 17.0. The Kier molecular flexibility index (Phi) is 6.81. The van der Waals surface area contributed by atoms with Crippen LogP contribution in [0.3, 0.4) is 0 Å². The fourth-order valence-electron chi connectivity index (χ4n) is 3.47. The Morgan fingerprint density at radius 3 is 2.50 bits per heavy atom. The molecule has 2 amide bonds. The molecular weight excluding hydrogens is 432 g/mol. The van der Waals surface area contributed by atoms with Crippen LogP contribution in [0.4, 0.5) is 23.2 Å². The lowest BCUT2D eigenvalue weighted by Crippen LogP contribution is -2.36. The number of esters is 1. The molecule has 1 aliphatic rings. The van der Waals surface area contributed by atoms with Gasteiger partial charge in [-0.2, -0.15) is 13.2 Å². The monoisotopic (exact) mass is 452 g/mol.